The SMILES string of the molecule is CCCCCCC(C)(C)c1ccc([C@@H]2C[C@@H](O)CC[C@@H]2CCCO)c(O)c1. The molecule has 3 atom stereocenters. The topological polar surface area (TPSA) is 60.7 Å². The summed E-state index contributed by atoms with van der Waals surface area (Å²) >= 11 is 0. The number of aromatic hydroxyl groups is 1. The van der Waals surface area contributed by atoms with Gasteiger partial charge in [-0.1, -0.05) is 58.6 Å². The second kappa shape index (κ2) is 10.5. The number of benzene rings is 1. The third-order valence-corrected chi connectivity index (χ3v) is 6.57. The fourth-order valence-electron chi connectivity index (χ4n) is 4.71. The Balaban J connectivity index is 2.13. The van der Waals surface area contributed by atoms with E-state index in [9.17, 15) is 15.3 Å². The average molecular weight is 377 g/mol. The molecule has 0 bridgehead atoms. The molecular weight excluding hydrogens is 336 g/mol. The Labute approximate surface area is 165 Å². The van der Waals surface area contributed by atoms with Gasteiger partial charge in [0.2, 0.25) is 0 Å². The van der Waals surface area contributed by atoms with Crippen molar-refractivity contribution in [3.63, 3.8) is 0 Å². The molecule has 1 aromatic rings. The zero-order valence-corrected chi connectivity index (χ0v) is 17.6. The number of hydrogen-bond donors (Lipinski definition) is 3. The molecule has 1 aliphatic rings. The molecule has 0 amide bonds. The molecule has 1 aliphatic carbocycles. The maximum atomic E-state index is 10.8. The van der Waals surface area contributed by atoms with Crippen molar-refractivity contribution in [3.8, 4) is 5.75 Å². The van der Waals surface area contributed by atoms with E-state index in [1.54, 1.807) is 0 Å². The summed E-state index contributed by atoms with van der Waals surface area (Å²) in [6.07, 6.45) is 10.1. The predicted molar refractivity (Wildman–Crippen MR) is 112 cm³/mol. The van der Waals surface area contributed by atoms with Crippen molar-refractivity contribution in [1.82, 2.24) is 0 Å². The van der Waals surface area contributed by atoms with Crippen molar-refractivity contribution in [1.29, 1.82) is 0 Å². The lowest BCUT2D eigenvalue weighted by Crippen LogP contribution is -2.27. The zero-order valence-electron chi connectivity index (χ0n) is 17.6. The van der Waals surface area contributed by atoms with Gasteiger partial charge in [0.15, 0.2) is 0 Å². The highest BCUT2D eigenvalue weighted by atomic mass is 16.3. The summed E-state index contributed by atoms with van der Waals surface area (Å²) in [5, 5.41) is 30.2. The first-order chi connectivity index (χ1) is 12.9. The quantitative estimate of drug-likeness (QED) is 0.462. The molecule has 0 radical (unpaired) electrons. The third-order valence-electron chi connectivity index (χ3n) is 6.57. The van der Waals surface area contributed by atoms with E-state index < -0.39 is 0 Å². The van der Waals surface area contributed by atoms with Crippen molar-refractivity contribution in [2.45, 2.75) is 102 Å². The van der Waals surface area contributed by atoms with Crippen LogP contribution in [0, 0.1) is 5.92 Å². The standard InChI is InChI=1S/C24H40O3/c1-4-5-6-7-14-24(2,3)19-11-13-21(23(27)16-19)22-17-20(26)12-10-18(22)9-8-15-25/h11,13,16,18,20,22,25-27H,4-10,12,14-15,17H2,1-3H3/t18-,20-,22+/m0/s1. The van der Waals surface area contributed by atoms with Crippen LogP contribution in [0.15, 0.2) is 18.2 Å². The van der Waals surface area contributed by atoms with E-state index in [0.29, 0.717) is 18.1 Å². The molecule has 0 unspecified atom stereocenters. The first kappa shape index (κ1) is 22.2. The third kappa shape index (κ3) is 6.22. The molecule has 27 heavy (non-hydrogen) atoms. The number of rotatable bonds is 10. The van der Waals surface area contributed by atoms with Gasteiger partial charge in [0.05, 0.1) is 6.10 Å². The molecule has 1 aromatic carbocycles. The van der Waals surface area contributed by atoms with Gasteiger partial charge < -0.3 is 15.3 Å². The fourth-order valence-corrected chi connectivity index (χ4v) is 4.71. The lowest BCUT2D eigenvalue weighted by atomic mass is 9.71. The number of aliphatic hydroxyl groups is 2. The van der Waals surface area contributed by atoms with Gasteiger partial charge in [-0.25, -0.2) is 0 Å². The van der Waals surface area contributed by atoms with E-state index in [2.05, 4.69) is 32.9 Å². The number of hydrogen-bond acceptors (Lipinski definition) is 3. The minimum absolute atomic E-state index is 0.0616. The Bertz CT molecular complexity index is 565. The molecule has 0 aliphatic heterocycles. The minimum atomic E-state index is -0.283. The van der Waals surface area contributed by atoms with Gasteiger partial charge in [0.25, 0.3) is 0 Å². The van der Waals surface area contributed by atoms with Crippen LogP contribution in [-0.2, 0) is 5.41 Å². The Morgan fingerprint density at radius 2 is 1.85 bits per heavy atom. The highest BCUT2D eigenvalue weighted by Gasteiger charge is 2.32. The normalized spacial score (nSPS) is 23.5. The average Bonchev–Trinajstić information content (AvgIpc) is 2.64. The van der Waals surface area contributed by atoms with Crippen LogP contribution < -0.4 is 0 Å². The number of phenolic OH excluding ortho intramolecular Hbond substituents is 1. The second-order valence-corrected chi connectivity index (χ2v) is 9.17. The van der Waals surface area contributed by atoms with Crippen molar-refractivity contribution in [2.75, 3.05) is 6.61 Å². The predicted octanol–water partition coefficient (Wildman–Crippen LogP) is 5.66. The smallest absolute Gasteiger partial charge is 0.119 e. The fraction of sp³-hybridized carbons (Fsp3) is 0.750. The molecule has 3 heteroatoms. The van der Waals surface area contributed by atoms with Crippen LogP contribution in [0.3, 0.4) is 0 Å². The molecular formula is C24H40O3. The molecule has 0 spiro atoms. The summed E-state index contributed by atoms with van der Waals surface area (Å²) in [4.78, 5) is 0. The molecule has 1 fully saturated rings. The van der Waals surface area contributed by atoms with E-state index in [1.165, 1.54) is 31.2 Å². The molecule has 0 saturated heterocycles. The van der Waals surface area contributed by atoms with Gasteiger partial charge in [-0.2, -0.15) is 0 Å². The largest absolute Gasteiger partial charge is 0.508 e. The van der Waals surface area contributed by atoms with E-state index >= 15 is 0 Å². The summed E-state index contributed by atoms with van der Waals surface area (Å²) in [6.45, 7) is 6.98. The molecule has 3 N–H and O–H groups in total. The van der Waals surface area contributed by atoms with Gasteiger partial charge in [-0.15, -0.1) is 0 Å². The molecule has 1 saturated carbocycles. The number of unbranched alkanes of at least 4 members (excludes halogenated alkanes) is 3. The Hall–Kier alpha value is -1.06. The Morgan fingerprint density at radius 3 is 2.52 bits per heavy atom. The van der Waals surface area contributed by atoms with Crippen LogP contribution in [0.1, 0.15) is 102 Å². The number of phenols is 1. The highest BCUT2D eigenvalue weighted by molar-refractivity contribution is 5.42. The summed E-state index contributed by atoms with van der Waals surface area (Å²) in [7, 11) is 0. The van der Waals surface area contributed by atoms with E-state index in [-0.39, 0.29) is 24.0 Å². The van der Waals surface area contributed by atoms with Crippen molar-refractivity contribution in [2.24, 2.45) is 5.92 Å². The van der Waals surface area contributed by atoms with Gasteiger partial charge in [0, 0.05) is 6.61 Å². The van der Waals surface area contributed by atoms with Crippen molar-refractivity contribution >= 4 is 0 Å². The summed E-state index contributed by atoms with van der Waals surface area (Å²) in [5.74, 6) is 0.989. The minimum Gasteiger partial charge on any atom is -0.508 e. The monoisotopic (exact) mass is 376 g/mol. The van der Waals surface area contributed by atoms with Gasteiger partial charge >= 0.3 is 0 Å². The molecule has 0 aromatic heterocycles. The molecule has 2 rings (SSSR count). The summed E-state index contributed by atoms with van der Waals surface area (Å²) in [6, 6.07) is 6.23. The van der Waals surface area contributed by atoms with Gasteiger partial charge in [-0.3, -0.25) is 0 Å². The van der Waals surface area contributed by atoms with Crippen LogP contribution in [0.4, 0.5) is 0 Å². The van der Waals surface area contributed by atoms with Crippen LogP contribution in [0.2, 0.25) is 0 Å². The van der Waals surface area contributed by atoms with Crippen molar-refractivity contribution < 1.29 is 15.3 Å². The van der Waals surface area contributed by atoms with Crippen LogP contribution in [0.5, 0.6) is 5.75 Å². The lowest BCUT2D eigenvalue weighted by molar-refractivity contribution is 0.0879. The van der Waals surface area contributed by atoms with E-state index in [4.69, 9.17) is 0 Å². The maximum Gasteiger partial charge on any atom is 0.119 e. The number of aliphatic hydroxyl groups excluding tert-OH is 2. The highest BCUT2D eigenvalue weighted by Crippen LogP contribution is 2.44. The van der Waals surface area contributed by atoms with E-state index in [0.717, 1.165) is 37.7 Å². The van der Waals surface area contributed by atoms with Gasteiger partial charge in [-0.05, 0) is 73.0 Å². The molecule has 3 nitrogen and oxygen atoms in total. The lowest BCUT2D eigenvalue weighted by Gasteiger charge is -2.35. The summed E-state index contributed by atoms with van der Waals surface area (Å²) < 4.78 is 0. The van der Waals surface area contributed by atoms with Crippen LogP contribution >= 0.6 is 0 Å². The first-order valence-electron chi connectivity index (χ1n) is 11.0. The Kier molecular flexibility index (Phi) is 8.62. The maximum absolute atomic E-state index is 10.8. The van der Waals surface area contributed by atoms with Crippen LogP contribution in [-0.4, -0.2) is 28.0 Å². The Morgan fingerprint density at radius 1 is 1.07 bits per heavy atom. The zero-order chi connectivity index (χ0) is 19.9. The van der Waals surface area contributed by atoms with Crippen LogP contribution in [0.25, 0.3) is 0 Å². The molecule has 154 valence electrons. The second-order valence-electron chi connectivity index (χ2n) is 9.17. The van der Waals surface area contributed by atoms with Gasteiger partial charge in [0.1, 0.15) is 5.75 Å². The summed E-state index contributed by atoms with van der Waals surface area (Å²) in [5.41, 5.74) is 2.23. The van der Waals surface area contributed by atoms with E-state index in [1.807, 2.05) is 6.07 Å². The van der Waals surface area contributed by atoms with Crippen molar-refractivity contribution in [3.05, 3.63) is 29.3 Å². The first-order valence-corrected chi connectivity index (χ1v) is 11.0. The molecule has 0 heterocycles.